The van der Waals surface area contributed by atoms with Gasteiger partial charge < -0.3 is 11.1 Å². The van der Waals surface area contributed by atoms with Gasteiger partial charge in [0, 0.05) is 16.6 Å². The third kappa shape index (κ3) is 4.42. The van der Waals surface area contributed by atoms with E-state index in [1.165, 1.54) is 12.1 Å². The molecule has 0 heterocycles. The lowest BCUT2D eigenvalue weighted by molar-refractivity contribution is -0.113. The van der Waals surface area contributed by atoms with Crippen molar-refractivity contribution >= 4 is 29.0 Å². The predicted molar refractivity (Wildman–Crippen MR) is 76.5 cm³/mol. The molecule has 0 atom stereocenters. The average Bonchev–Trinajstić information content (AvgIpc) is 2.39. The lowest BCUT2D eigenvalue weighted by Gasteiger charge is -2.07. The standard InChI is InChI=1S/C14H11F3N2OS/c15-8-1-2-13(12(17)5-8)19-14(20)7-21-11-4-9(16)3-10(18)6-11/h1-6H,7,18H2,(H,19,20). The van der Waals surface area contributed by atoms with Crippen molar-refractivity contribution in [3.05, 3.63) is 53.8 Å². The molecular formula is C14H11F3N2OS. The second kappa shape index (κ2) is 6.53. The van der Waals surface area contributed by atoms with Crippen LogP contribution in [0.5, 0.6) is 0 Å². The molecule has 0 aliphatic rings. The van der Waals surface area contributed by atoms with Crippen molar-refractivity contribution in [1.29, 1.82) is 0 Å². The molecule has 0 saturated heterocycles. The van der Waals surface area contributed by atoms with E-state index in [2.05, 4.69) is 5.32 Å². The highest BCUT2D eigenvalue weighted by molar-refractivity contribution is 8.00. The van der Waals surface area contributed by atoms with Gasteiger partial charge in [0.05, 0.1) is 11.4 Å². The summed E-state index contributed by atoms with van der Waals surface area (Å²) in [5, 5.41) is 2.31. The van der Waals surface area contributed by atoms with E-state index in [-0.39, 0.29) is 17.1 Å². The van der Waals surface area contributed by atoms with E-state index in [9.17, 15) is 18.0 Å². The van der Waals surface area contributed by atoms with Gasteiger partial charge in [-0.25, -0.2) is 13.2 Å². The number of hydrogen-bond acceptors (Lipinski definition) is 3. The summed E-state index contributed by atoms with van der Waals surface area (Å²) in [5.74, 6) is -2.63. The summed E-state index contributed by atoms with van der Waals surface area (Å²) in [7, 11) is 0. The van der Waals surface area contributed by atoms with Crippen molar-refractivity contribution < 1.29 is 18.0 Å². The van der Waals surface area contributed by atoms with E-state index in [1.54, 1.807) is 0 Å². The molecule has 0 saturated carbocycles. The Morgan fingerprint density at radius 3 is 2.52 bits per heavy atom. The van der Waals surface area contributed by atoms with Crippen LogP contribution in [0.25, 0.3) is 0 Å². The molecule has 0 aliphatic carbocycles. The molecule has 7 heteroatoms. The summed E-state index contributed by atoms with van der Waals surface area (Å²) in [4.78, 5) is 12.2. The Kier molecular flexibility index (Phi) is 4.74. The van der Waals surface area contributed by atoms with Gasteiger partial charge in [-0.2, -0.15) is 0 Å². The molecule has 0 unspecified atom stereocenters. The largest absolute Gasteiger partial charge is 0.399 e. The topological polar surface area (TPSA) is 55.1 Å². The van der Waals surface area contributed by atoms with E-state index in [0.29, 0.717) is 11.0 Å². The van der Waals surface area contributed by atoms with E-state index >= 15 is 0 Å². The Morgan fingerprint density at radius 1 is 1.10 bits per heavy atom. The highest BCUT2D eigenvalue weighted by atomic mass is 32.2. The third-order valence-electron chi connectivity index (χ3n) is 2.47. The summed E-state index contributed by atoms with van der Waals surface area (Å²) in [5.41, 5.74) is 5.63. The number of nitrogens with two attached hydrogens (primary N) is 1. The van der Waals surface area contributed by atoms with Crippen molar-refractivity contribution in [3.8, 4) is 0 Å². The molecule has 0 fully saturated rings. The van der Waals surface area contributed by atoms with Gasteiger partial charge in [-0.3, -0.25) is 4.79 Å². The Hall–Kier alpha value is -2.15. The lowest BCUT2D eigenvalue weighted by atomic mass is 10.3. The summed E-state index contributed by atoms with van der Waals surface area (Å²) in [6.45, 7) is 0. The molecule has 110 valence electrons. The number of amides is 1. The van der Waals surface area contributed by atoms with Crippen LogP contribution >= 0.6 is 11.8 Å². The van der Waals surface area contributed by atoms with Gasteiger partial charge in [-0.15, -0.1) is 11.8 Å². The second-order valence-corrected chi connectivity index (χ2v) is 5.23. The summed E-state index contributed by atoms with van der Waals surface area (Å²) < 4.78 is 39.2. The van der Waals surface area contributed by atoms with Crippen LogP contribution < -0.4 is 11.1 Å². The quantitative estimate of drug-likeness (QED) is 0.672. The molecule has 0 aromatic heterocycles. The van der Waals surface area contributed by atoms with E-state index in [0.717, 1.165) is 30.0 Å². The Bertz CT molecular complexity index is 659. The number of halogens is 3. The van der Waals surface area contributed by atoms with Crippen molar-refractivity contribution in [2.24, 2.45) is 0 Å². The second-order valence-electron chi connectivity index (χ2n) is 4.18. The van der Waals surface area contributed by atoms with E-state index in [4.69, 9.17) is 5.73 Å². The van der Waals surface area contributed by atoms with E-state index in [1.807, 2.05) is 0 Å². The first-order valence-electron chi connectivity index (χ1n) is 5.88. The number of nitrogen functional groups attached to an aromatic ring is 1. The van der Waals surface area contributed by atoms with Crippen LogP contribution in [0.3, 0.4) is 0 Å². The molecule has 1 amide bonds. The van der Waals surface area contributed by atoms with Crippen LogP contribution in [0.15, 0.2) is 41.3 Å². The van der Waals surface area contributed by atoms with Crippen molar-refractivity contribution in [2.75, 3.05) is 16.8 Å². The highest BCUT2D eigenvalue weighted by Gasteiger charge is 2.09. The first-order chi connectivity index (χ1) is 9.94. The molecule has 0 radical (unpaired) electrons. The van der Waals surface area contributed by atoms with Crippen molar-refractivity contribution in [2.45, 2.75) is 4.90 Å². The summed E-state index contributed by atoms with van der Waals surface area (Å²) >= 11 is 1.06. The zero-order valence-corrected chi connectivity index (χ0v) is 11.5. The maximum atomic E-state index is 13.4. The molecular weight excluding hydrogens is 301 g/mol. The van der Waals surface area contributed by atoms with Crippen LogP contribution in [-0.2, 0) is 4.79 Å². The number of hydrogen-bond donors (Lipinski definition) is 2. The van der Waals surface area contributed by atoms with Crippen molar-refractivity contribution in [3.63, 3.8) is 0 Å². The Labute approximate surface area is 123 Å². The van der Waals surface area contributed by atoms with Gasteiger partial charge in [0.1, 0.15) is 17.5 Å². The minimum absolute atomic E-state index is 0.0558. The predicted octanol–water partition coefficient (Wildman–Crippen LogP) is 3.42. The maximum absolute atomic E-state index is 13.4. The summed E-state index contributed by atoms with van der Waals surface area (Å²) in [6.07, 6.45) is 0. The lowest BCUT2D eigenvalue weighted by Crippen LogP contribution is -2.15. The highest BCUT2D eigenvalue weighted by Crippen LogP contribution is 2.22. The molecule has 2 aromatic carbocycles. The monoisotopic (exact) mass is 312 g/mol. The number of anilines is 2. The van der Waals surface area contributed by atoms with Crippen LogP contribution in [0, 0.1) is 17.5 Å². The number of carbonyl (C=O) groups excluding carboxylic acids is 1. The number of benzene rings is 2. The third-order valence-corrected chi connectivity index (χ3v) is 3.44. The van der Waals surface area contributed by atoms with Gasteiger partial charge >= 0.3 is 0 Å². The van der Waals surface area contributed by atoms with Gasteiger partial charge in [-0.1, -0.05) is 0 Å². The molecule has 0 aliphatic heterocycles. The van der Waals surface area contributed by atoms with Crippen LogP contribution in [0.2, 0.25) is 0 Å². The number of carbonyl (C=O) groups is 1. The SMILES string of the molecule is Nc1cc(F)cc(SCC(=O)Nc2ccc(F)cc2F)c1. The minimum Gasteiger partial charge on any atom is -0.399 e. The van der Waals surface area contributed by atoms with Crippen LogP contribution in [0.1, 0.15) is 0 Å². The Morgan fingerprint density at radius 2 is 1.86 bits per heavy atom. The van der Waals surface area contributed by atoms with Crippen molar-refractivity contribution in [1.82, 2.24) is 0 Å². The molecule has 2 aromatic rings. The maximum Gasteiger partial charge on any atom is 0.234 e. The fraction of sp³-hybridized carbons (Fsp3) is 0.0714. The van der Waals surface area contributed by atoms with Gasteiger partial charge in [0.2, 0.25) is 5.91 Å². The van der Waals surface area contributed by atoms with Gasteiger partial charge in [0.25, 0.3) is 0 Å². The zero-order valence-electron chi connectivity index (χ0n) is 10.7. The minimum atomic E-state index is -0.858. The molecule has 21 heavy (non-hydrogen) atoms. The first kappa shape index (κ1) is 15.2. The normalized spacial score (nSPS) is 10.4. The number of thioether (sulfide) groups is 1. The number of rotatable bonds is 4. The fourth-order valence-electron chi connectivity index (χ4n) is 1.59. The molecule has 0 bridgehead atoms. The molecule has 3 nitrogen and oxygen atoms in total. The average molecular weight is 312 g/mol. The van der Waals surface area contributed by atoms with Crippen LogP contribution in [0.4, 0.5) is 24.5 Å². The summed E-state index contributed by atoms with van der Waals surface area (Å²) in [6, 6.07) is 6.78. The fourth-order valence-corrected chi connectivity index (χ4v) is 2.38. The zero-order chi connectivity index (χ0) is 15.4. The van der Waals surface area contributed by atoms with Crippen LogP contribution in [-0.4, -0.2) is 11.7 Å². The number of nitrogens with one attached hydrogen (secondary N) is 1. The van der Waals surface area contributed by atoms with Gasteiger partial charge in [0.15, 0.2) is 0 Å². The first-order valence-corrected chi connectivity index (χ1v) is 6.86. The van der Waals surface area contributed by atoms with E-state index < -0.39 is 23.4 Å². The molecule has 0 spiro atoms. The molecule has 3 N–H and O–H groups in total. The van der Waals surface area contributed by atoms with Gasteiger partial charge in [-0.05, 0) is 30.3 Å². The molecule has 2 rings (SSSR count). The smallest absolute Gasteiger partial charge is 0.234 e. The Balaban J connectivity index is 1.95.